The van der Waals surface area contributed by atoms with E-state index in [0.29, 0.717) is 60.8 Å². The van der Waals surface area contributed by atoms with Gasteiger partial charge in [-0.2, -0.15) is 0 Å². The summed E-state index contributed by atoms with van der Waals surface area (Å²) in [4.78, 5) is 34.3. The van der Waals surface area contributed by atoms with Gasteiger partial charge in [-0.05, 0) is 30.2 Å². The number of benzene rings is 2. The first-order valence-electron chi connectivity index (χ1n) is 12.2. The third kappa shape index (κ3) is 6.49. The van der Waals surface area contributed by atoms with Gasteiger partial charge in [0.2, 0.25) is 5.91 Å². The average Bonchev–Trinajstić information content (AvgIpc) is 3.41. The van der Waals surface area contributed by atoms with Gasteiger partial charge in [-0.25, -0.2) is 9.97 Å². The van der Waals surface area contributed by atoms with E-state index >= 15 is 0 Å². The van der Waals surface area contributed by atoms with Crippen LogP contribution < -0.4 is 15.4 Å². The molecule has 4 rings (SSSR count). The van der Waals surface area contributed by atoms with Crippen LogP contribution in [0.15, 0.2) is 30.5 Å². The summed E-state index contributed by atoms with van der Waals surface area (Å²) in [6.07, 6.45) is 1.82. The molecule has 206 valence electrons. The van der Waals surface area contributed by atoms with Crippen molar-refractivity contribution < 1.29 is 14.3 Å². The van der Waals surface area contributed by atoms with Gasteiger partial charge in [-0.3, -0.25) is 14.9 Å². The number of carbonyl (C=O) groups excluding carboxylic acids is 2. The first-order chi connectivity index (χ1) is 18.4. The number of anilines is 1. The molecule has 2 N–H and O–H groups in total. The topological polar surface area (TPSA) is 98.1 Å². The molecule has 8 nitrogen and oxygen atoms in total. The first-order valence-corrected chi connectivity index (χ1v) is 14.1. The smallest absolute Gasteiger partial charge is 0.261 e. The molecule has 4 aromatic rings. The second-order valence-corrected chi connectivity index (χ2v) is 12.3. The normalized spacial score (nSPS) is 11.6. The number of rotatable bonds is 8. The number of imidazole rings is 1. The van der Waals surface area contributed by atoms with E-state index in [0.717, 1.165) is 22.4 Å². The van der Waals surface area contributed by atoms with Gasteiger partial charge in [0.15, 0.2) is 5.13 Å². The molecule has 0 unspecified atom stereocenters. The summed E-state index contributed by atoms with van der Waals surface area (Å²) in [5, 5.41) is 7.04. The van der Waals surface area contributed by atoms with Gasteiger partial charge in [0, 0.05) is 36.5 Å². The van der Waals surface area contributed by atoms with Gasteiger partial charge in [0.25, 0.3) is 5.91 Å². The molecular weight excluding hydrogens is 581 g/mol. The van der Waals surface area contributed by atoms with Gasteiger partial charge in [-0.15, -0.1) is 0 Å². The van der Waals surface area contributed by atoms with Crippen LogP contribution in [0.2, 0.25) is 14.4 Å². The maximum absolute atomic E-state index is 13.1. The Hall–Kier alpha value is -2.85. The number of aryl methyl sites for hydroxylation is 1. The maximum atomic E-state index is 13.1. The van der Waals surface area contributed by atoms with Crippen molar-refractivity contribution in [1.82, 2.24) is 19.9 Å². The van der Waals surface area contributed by atoms with Crippen LogP contribution in [0.3, 0.4) is 0 Å². The average molecular weight is 609 g/mol. The van der Waals surface area contributed by atoms with Gasteiger partial charge in [-0.1, -0.05) is 73.0 Å². The standard InChI is InChI=1S/C27H28Cl3N5O3S/c1-6-38-20-11-19-18(9-16(20)24(36)34-26-32-13-21(29)39-26)33-22(35(19)5)10-15-17(28)8-7-14(23(15)30)12-31-25(37)27(2,3)4/h7-9,11,13H,6,10,12H2,1-5H3,(H,31,37)(H,32,34,36). The Labute approximate surface area is 245 Å². The summed E-state index contributed by atoms with van der Waals surface area (Å²) < 4.78 is 8.18. The molecule has 2 aromatic carbocycles. The number of aromatic nitrogens is 3. The SMILES string of the molecule is CCOc1cc2c(cc1C(=O)Nc1ncc(Cl)s1)nc(Cc1c(Cl)ccc(CNC(=O)C(C)(C)C)c1Cl)n2C. The molecule has 0 saturated heterocycles. The highest BCUT2D eigenvalue weighted by molar-refractivity contribution is 7.19. The van der Waals surface area contributed by atoms with E-state index < -0.39 is 5.41 Å². The lowest BCUT2D eigenvalue weighted by molar-refractivity contribution is -0.128. The summed E-state index contributed by atoms with van der Waals surface area (Å²) in [6.45, 7) is 8.06. The molecule has 39 heavy (non-hydrogen) atoms. The van der Waals surface area contributed by atoms with E-state index in [4.69, 9.17) is 44.5 Å². The molecule has 2 aromatic heterocycles. The van der Waals surface area contributed by atoms with Crippen LogP contribution in [0.25, 0.3) is 11.0 Å². The number of halogens is 3. The molecule has 0 radical (unpaired) electrons. The molecule has 0 bridgehead atoms. The van der Waals surface area contributed by atoms with Crippen LogP contribution >= 0.6 is 46.1 Å². The van der Waals surface area contributed by atoms with Crippen LogP contribution in [-0.2, 0) is 24.8 Å². The molecular formula is C27H28Cl3N5O3S. The summed E-state index contributed by atoms with van der Waals surface area (Å²) in [7, 11) is 1.88. The Morgan fingerprint density at radius 1 is 1.15 bits per heavy atom. The molecule has 2 heterocycles. The number of nitrogens with zero attached hydrogens (tertiary/aromatic N) is 3. The van der Waals surface area contributed by atoms with E-state index in [1.807, 2.05) is 39.3 Å². The minimum Gasteiger partial charge on any atom is -0.493 e. The zero-order chi connectivity index (χ0) is 28.5. The molecule has 2 amide bonds. The molecule has 0 saturated carbocycles. The number of hydrogen-bond acceptors (Lipinski definition) is 6. The third-order valence-electron chi connectivity index (χ3n) is 6.04. The molecule has 0 aliphatic rings. The molecule has 0 fully saturated rings. The summed E-state index contributed by atoms with van der Waals surface area (Å²) >= 11 is 20.4. The second-order valence-electron chi connectivity index (χ2n) is 9.89. The number of nitrogens with one attached hydrogen (secondary N) is 2. The van der Waals surface area contributed by atoms with Crippen LogP contribution in [-0.4, -0.2) is 33.0 Å². The van der Waals surface area contributed by atoms with E-state index in [1.165, 1.54) is 6.20 Å². The van der Waals surface area contributed by atoms with Crippen molar-refractivity contribution in [3.63, 3.8) is 0 Å². The predicted octanol–water partition coefficient (Wildman–Crippen LogP) is 6.89. The summed E-state index contributed by atoms with van der Waals surface area (Å²) in [5.74, 6) is 0.659. The van der Waals surface area contributed by atoms with Crippen LogP contribution in [0.4, 0.5) is 5.13 Å². The molecule has 0 aliphatic heterocycles. The lowest BCUT2D eigenvalue weighted by atomic mass is 9.95. The van der Waals surface area contributed by atoms with Crippen molar-refractivity contribution in [3.05, 3.63) is 67.4 Å². The molecule has 0 spiro atoms. The lowest BCUT2D eigenvalue weighted by Crippen LogP contribution is -2.34. The largest absolute Gasteiger partial charge is 0.493 e. The van der Waals surface area contributed by atoms with Gasteiger partial charge >= 0.3 is 0 Å². The summed E-state index contributed by atoms with van der Waals surface area (Å²) in [5.41, 5.74) is 2.66. The highest BCUT2D eigenvalue weighted by Crippen LogP contribution is 2.33. The third-order valence-corrected chi connectivity index (χ3v) is 7.89. The molecule has 12 heteroatoms. The zero-order valence-electron chi connectivity index (χ0n) is 22.1. The first kappa shape index (κ1) is 29.1. The van der Waals surface area contributed by atoms with Gasteiger partial charge < -0.3 is 14.6 Å². The fourth-order valence-corrected chi connectivity index (χ4v) is 5.28. The Bertz CT molecular complexity index is 1560. The Balaban J connectivity index is 1.66. The van der Waals surface area contributed by atoms with Gasteiger partial charge in [0.1, 0.15) is 15.9 Å². The Morgan fingerprint density at radius 3 is 2.54 bits per heavy atom. The minimum atomic E-state index is -0.516. The van der Waals surface area contributed by atoms with Crippen molar-refractivity contribution in [3.8, 4) is 5.75 Å². The fourth-order valence-electron chi connectivity index (χ4n) is 3.90. The van der Waals surface area contributed by atoms with E-state index in [-0.39, 0.29) is 18.4 Å². The number of fused-ring (bicyclic) bond motifs is 1. The van der Waals surface area contributed by atoms with E-state index in [2.05, 4.69) is 15.6 Å². The van der Waals surface area contributed by atoms with Crippen molar-refractivity contribution in [2.75, 3.05) is 11.9 Å². The van der Waals surface area contributed by atoms with Crippen molar-refractivity contribution >= 4 is 74.1 Å². The highest BCUT2D eigenvalue weighted by atomic mass is 35.5. The van der Waals surface area contributed by atoms with Crippen molar-refractivity contribution in [2.24, 2.45) is 12.5 Å². The van der Waals surface area contributed by atoms with Gasteiger partial charge in [0.05, 0.1) is 34.4 Å². The lowest BCUT2D eigenvalue weighted by Gasteiger charge is -2.18. The predicted molar refractivity (Wildman–Crippen MR) is 158 cm³/mol. The molecule has 0 atom stereocenters. The molecule has 0 aliphatic carbocycles. The number of amides is 2. The zero-order valence-corrected chi connectivity index (χ0v) is 25.2. The number of ether oxygens (including phenoxy) is 1. The maximum Gasteiger partial charge on any atom is 0.261 e. The number of carbonyl (C=O) groups is 2. The van der Waals surface area contributed by atoms with Crippen LogP contribution in [0.5, 0.6) is 5.75 Å². The van der Waals surface area contributed by atoms with E-state index in [1.54, 1.807) is 24.3 Å². The minimum absolute atomic E-state index is 0.0756. The Kier molecular flexibility index (Phi) is 8.75. The number of hydrogen-bond donors (Lipinski definition) is 2. The Morgan fingerprint density at radius 2 is 1.90 bits per heavy atom. The second kappa shape index (κ2) is 11.7. The van der Waals surface area contributed by atoms with Crippen molar-refractivity contribution in [2.45, 2.75) is 40.7 Å². The van der Waals surface area contributed by atoms with E-state index in [9.17, 15) is 9.59 Å². The van der Waals surface area contributed by atoms with Crippen molar-refractivity contribution in [1.29, 1.82) is 0 Å². The van der Waals surface area contributed by atoms with Crippen LogP contribution in [0, 0.1) is 5.41 Å². The quantitative estimate of drug-likeness (QED) is 0.227. The fraction of sp³-hybridized carbons (Fsp3) is 0.333. The summed E-state index contributed by atoms with van der Waals surface area (Å²) in [6, 6.07) is 7.06. The monoisotopic (exact) mass is 607 g/mol. The van der Waals surface area contributed by atoms with Crippen LogP contribution in [0.1, 0.15) is 55.0 Å². The highest BCUT2D eigenvalue weighted by Gasteiger charge is 2.23. The number of thiazole rings is 1.